The molecule has 0 saturated heterocycles. The van der Waals surface area contributed by atoms with Gasteiger partial charge in [-0.25, -0.2) is 14.4 Å². The van der Waals surface area contributed by atoms with Crippen LogP contribution in [0.15, 0.2) is 40.7 Å². The Morgan fingerprint density at radius 1 is 1.22 bits per heavy atom. The molecule has 0 bridgehead atoms. The highest BCUT2D eigenvalue weighted by molar-refractivity contribution is 7.98. The van der Waals surface area contributed by atoms with E-state index < -0.39 is 5.92 Å². The summed E-state index contributed by atoms with van der Waals surface area (Å²) in [4.78, 5) is 22.0. The molecule has 1 aromatic heterocycles. The lowest BCUT2D eigenvalue weighted by Crippen LogP contribution is -2.34. The Bertz CT molecular complexity index is 969. The van der Waals surface area contributed by atoms with Crippen molar-refractivity contribution in [2.24, 2.45) is 5.41 Å². The monoisotopic (exact) mass is 384 g/mol. The summed E-state index contributed by atoms with van der Waals surface area (Å²) in [6.07, 6.45) is 3.09. The Balaban J connectivity index is 1.96. The highest BCUT2D eigenvalue weighted by Crippen LogP contribution is 2.49. The Kier molecular flexibility index (Phi) is 4.22. The topological polar surface area (TPSA) is 80.9 Å². The molecule has 0 fully saturated rings. The summed E-state index contributed by atoms with van der Waals surface area (Å²) in [5.41, 5.74) is 9.22. The third-order valence-corrected chi connectivity index (χ3v) is 5.65. The van der Waals surface area contributed by atoms with E-state index in [9.17, 15) is 9.18 Å². The van der Waals surface area contributed by atoms with Gasteiger partial charge in [0.1, 0.15) is 17.5 Å². The number of Topliss-reactive ketones (excluding diaryl/α,β-unsaturated/α-hetero) is 1. The second-order valence-corrected chi connectivity index (χ2v) is 8.57. The molecule has 1 aliphatic heterocycles. The lowest BCUT2D eigenvalue weighted by atomic mass is 9.69. The number of carbonyl (C=O) groups is 1. The number of rotatable bonds is 2. The van der Waals surface area contributed by atoms with Crippen LogP contribution in [0.1, 0.15) is 43.7 Å². The number of allylic oxidation sites excluding steroid dienone is 2. The van der Waals surface area contributed by atoms with Crippen LogP contribution >= 0.6 is 11.8 Å². The van der Waals surface area contributed by atoms with Crippen LogP contribution in [0.2, 0.25) is 0 Å². The molecule has 27 heavy (non-hydrogen) atoms. The number of anilines is 2. The summed E-state index contributed by atoms with van der Waals surface area (Å²) in [7, 11) is 0. The molecule has 2 aromatic rings. The van der Waals surface area contributed by atoms with Gasteiger partial charge in [-0.2, -0.15) is 0 Å². The fourth-order valence-corrected chi connectivity index (χ4v) is 4.37. The standard InChI is InChI=1S/C20H21FN4OS/c1-20(2)8-12-15(13(26)9-20)14(10-4-6-11(21)7-5-10)16-17(22)24-19(27-3)25-18(16)23-12/h4-7,14H,8-9H2,1-3H3,(H3,22,23,24,25)/t14-/m0/s1. The fourth-order valence-electron chi connectivity index (χ4n) is 3.99. The van der Waals surface area contributed by atoms with Gasteiger partial charge < -0.3 is 11.1 Å². The van der Waals surface area contributed by atoms with Crippen molar-refractivity contribution in [2.75, 3.05) is 17.3 Å². The third-order valence-electron chi connectivity index (χ3n) is 5.11. The second-order valence-electron chi connectivity index (χ2n) is 7.80. The molecule has 7 heteroatoms. The molecule has 2 aliphatic rings. The van der Waals surface area contributed by atoms with Gasteiger partial charge in [-0.05, 0) is 35.8 Å². The second kappa shape index (κ2) is 6.34. The zero-order chi connectivity index (χ0) is 19.3. The Morgan fingerprint density at radius 3 is 2.59 bits per heavy atom. The van der Waals surface area contributed by atoms with E-state index in [1.807, 2.05) is 6.26 Å². The van der Waals surface area contributed by atoms with Gasteiger partial charge in [-0.3, -0.25) is 4.79 Å². The number of nitrogens with zero attached hydrogens (tertiary/aromatic N) is 2. The largest absolute Gasteiger partial charge is 0.383 e. The first-order valence-electron chi connectivity index (χ1n) is 8.79. The molecule has 140 valence electrons. The van der Waals surface area contributed by atoms with Gasteiger partial charge in [0, 0.05) is 29.2 Å². The van der Waals surface area contributed by atoms with Crippen molar-refractivity contribution >= 4 is 29.2 Å². The summed E-state index contributed by atoms with van der Waals surface area (Å²) >= 11 is 1.41. The fraction of sp³-hybridized carbons (Fsp3) is 0.350. The molecule has 4 rings (SSSR count). The molecular formula is C20H21FN4OS. The number of benzene rings is 1. The molecule has 0 amide bonds. The molecule has 1 aliphatic carbocycles. The van der Waals surface area contributed by atoms with Crippen molar-refractivity contribution < 1.29 is 9.18 Å². The Morgan fingerprint density at radius 2 is 1.93 bits per heavy atom. The van der Waals surface area contributed by atoms with Crippen molar-refractivity contribution in [1.29, 1.82) is 0 Å². The maximum atomic E-state index is 13.5. The van der Waals surface area contributed by atoms with Crippen LogP contribution in [0.4, 0.5) is 16.0 Å². The van der Waals surface area contributed by atoms with Gasteiger partial charge in [-0.1, -0.05) is 37.7 Å². The molecule has 1 atom stereocenters. The number of thioether (sulfide) groups is 1. The number of carbonyl (C=O) groups excluding carboxylic acids is 1. The van der Waals surface area contributed by atoms with Gasteiger partial charge in [0.05, 0.1) is 0 Å². The summed E-state index contributed by atoms with van der Waals surface area (Å²) in [6, 6.07) is 6.22. The van der Waals surface area contributed by atoms with E-state index >= 15 is 0 Å². The minimum Gasteiger partial charge on any atom is -0.383 e. The average Bonchev–Trinajstić information content (AvgIpc) is 2.59. The maximum absolute atomic E-state index is 13.5. The lowest BCUT2D eigenvalue weighted by Gasteiger charge is -2.39. The van der Waals surface area contributed by atoms with Crippen LogP contribution in [0.5, 0.6) is 0 Å². The number of nitrogens with one attached hydrogen (secondary N) is 1. The van der Waals surface area contributed by atoms with E-state index in [-0.39, 0.29) is 17.0 Å². The molecule has 0 unspecified atom stereocenters. The van der Waals surface area contributed by atoms with Crippen LogP contribution in [0.3, 0.4) is 0 Å². The smallest absolute Gasteiger partial charge is 0.191 e. The van der Waals surface area contributed by atoms with Crippen LogP contribution < -0.4 is 11.1 Å². The normalized spacial score (nSPS) is 20.7. The zero-order valence-electron chi connectivity index (χ0n) is 15.5. The van der Waals surface area contributed by atoms with Gasteiger partial charge in [-0.15, -0.1) is 0 Å². The van der Waals surface area contributed by atoms with Crippen molar-refractivity contribution in [3.8, 4) is 0 Å². The summed E-state index contributed by atoms with van der Waals surface area (Å²) in [5, 5.41) is 3.92. The number of nitrogens with two attached hydrogens (primary N) is 1. The van der Waals surface area contributed by atoms with Gasteiger partial charge >= 0.3 is 0 Å². The zero-order valence-corrected chi connectivity index (χ0v) is 16.3. The predicted molar refractivity (Wildman–Crippen MR) is 105 cm³/mol. The van der Waals surface area contributed by atoms with Crippen LogP contribution in [-0.2, 0) is 4.79 Å². The Labute approximate surface area is 161 Å². The minimum atomic E-state index is -0.392. The number of ketones is 1. The van der Waals surface area contributed by atoms with Crippen LogP contribution in [-0.4, -0.2) is 22.0 Å². The van der Waals surface area contributed by atoms with Gasteiger partial charge in [0.2, 0.25) is 0 Å². The highest BCUT2D eigenvalue weighted by Gasteiger charge is 2.42. The molecule has 5 nitrogen and oxygen atoms in total. The highest BCUT2D eigenvalue weighted by atomic mass is 32.2. The van der Waals surface area contributed by atoms with E-state index in [0.717, 1.165) is 17.7 Å². The van der Waals surface area contributed by atoms with Gasteiger partial charge in [0.25, 0.3) is 0 Å². The summed E-state index contributed by atoms with van der Waals surface area (Å²) < 4.78 is 13.5. The van der Waals surface area contributed by atoms with E-state index in [2.05, 4.69) is 29.1 Å². The molecule has 1 aromatic carbocycles. The molecule has 3 N–H and O–H groups in total. The Hall–Kier alpha value is -2.41. The number of nitrogen functional groups attached to an aromatic ring is 1. The molecule has 0 spiro atoms. The van der Waals surface area contributed by atoms with Crippen molar-refractivity contribution in [2.45, 2.75) is 37.8 Å². The lowest BCUT2D eigenvalue weighted by molar-refractivity contribution is -0.118. The SMILES string of the molecule is CSc1nc(N)c2c(n1)NC1=C(C(=O)CC(C)(C)C1)[C@@H]2c1ccc(F)cc1. The van der Waals surface area contributed by atoms with E-state index in [1.54, 1.807) is 12.1 Å². The van der Waals surface area contributed by atoms with Crippen LogP contribution in [0, 0.1) is 11.2 Å². The van der Waals surface area contributed by atoms with Crippen molar-refractivity contribution in [1.82, 2.24) is 9.97 Å². The predicted octanol–water partition coefficient (Wildman–Crippen LogP) is 4.12. The van der Waals surface area contributed by atoms with Crippen molar-refractivity contribution in [3.05, 3.63) is 52.5 Å². The molecular weight excluding hydrogens is 363 g/mol. The molecule has 0 radical (unpaired) electrons. The average molecular weight is 384 g/mol. The van der Waals surface area contributed by atoms with E-state index in [4.69, 9.17) is 5.73 Å². The first kappa shape index (κ1) is 18.0. The number of aromatic nitrogens is 2. The minimum absolute atomic E-state index is 0.0852. The summed E-state index contributed by atoms with van der Waals surface area (Å²) in [6.45, 7) is 4.17. The molecule has 2 heterocycles. The molecule has 0 saturated carbocycles. The van der Waals surface area contributed by atoms with E-state index in [0.29, 0.717) is 34.3 Å². The first-order chi connectivity index (χ1) is 12.8. The third kappa shape index (κ3) is 3.10. The van der Waals surface area contributed by atoms with Crippen LogP contribution in [0.25, 0.3) is 0 Å². The maximum Gasteiger partial charge on any atom is 0.191 e. The quantitative estimate of drug-likeness (QED) is 0.599. The van der Waals surface area contributed by atoms with Crippen molar-refractivity contribution in [3.63, 3.8) is 0 Å². The van der Waals surface area contributed by atoms with Gasteiger partial charge in [0.15, 0.2) is 10.9 Å². The number of hydrogen-bond acceptors (Lipinski definition) is 6. The van der Waals surface area contributed by atoms with E-state index in [1.165, 1.54) is 23.9 Å². The number of hydrogen-bond donors (Lipinski definition) is 2. The number of fused-ring (bicyclic) bond motifs is 1. The first-order valence-corrected chi connectivity index (χ1v) is 10.0. The number of halogens is 1. The summed E-state index contributed by atoms with van der Waals surface area (Å²) in [5.74, 6) is 0.347.